The van der Waals surface area contributed by atoms with Crippen LogP contribution in [0.3, 0.4) is 0 Å². The average molecular weight is 354 g/mol. The van der Waals surface area contributed by atoms with Crippen LogP contribution in [0.1, 0.15) is 55.8 Å². The Balaban J connectivity index is 1.49. The van der Waals surface area contributed by atoms with Gasteiger partial charge in [0.25, 0.3) is 5.91 Å². The zero-order valence-corrected chi connectivity index (χ0v) is 14.3. The van der Waals surface area contributed by atoms with E-state index in [1.54, 1.807) is 0 Å². The number of carbonyl (C=O) groups excluding carboxylic acids is 2. The molecule has 0 atom stereocenters. The van der Waals surface area contributed by atoms with E-state index in [4.69, 9.17) is 11.6 Å². The van der Waals surface area contributed by atoms with E-state index in [9.17, 15) is 14.0 Å². The first-order chi connectivity index (χ1) is 11.4. The predicted molar refractivity (Wildman–Crippen MR) is 88.2 cm³/mol. The third kappa shape index (κ3) is 3.86. The summed E-state index contributed by atoms with van der Waals surface area (Å²) in [5.74, 6) is -0.859. The van der Waals surface area contributed by atoms with Crippen LogP contribution in [0, 0.1) is 11.2 Å². The summed E-state index contributed by atoms with van der Waals surface area (Å²) in [5, 5.41) is 5.98. The lowest BCUT2D eigenvalue weighted by atomic mass is 9.90. The summed E-state index contributed by atoms with van der Waals surface area (Å²) >= 11 is 5.85. The number of halogens is 2. The van der Waals surface area contributed by atoms with E-state index < -0.39 is 11.7 Å². The second-order valence-electron chi connectivity index (χ2n) is 7.05. The van der Waals surface area contributed by atoms with Gasteiger partial charge in [0.05, 0.1) is 11.8 Å². The molecule has 0 spiro atoms. The highest BCUT2D eigenvalue weighted by atomic mass is 35.5. The van der Waals surface area contributed by atoms with Crippen molar-refractivity contribution < 1.29 is 14.0 Å². The van der Waals surface area contributed by atoms with Crippen molar-refractivity contribution in [2.24, 2.45) is 5.41 Å². The summed E-state index contributed by atoms with van der Waals surface area (Å²) in [6, 6.07) is 1.26. The molecular weight excluding hydrogens is 333 g/mol. The minimum absolute atomic E-state index is 0.00139. The number of amides is 2. The van der Waals surface area contributed by atoms with Gasteiger partial charge in [0.15, 0.2) is 0 Å². The van der Waals surface area contributed by atoms with Crippen LogP contribution in [0.25, 0.3) is 0 Å². The fraction of sp³-hybridized carbons (Fsp3) is 0.588. The lowest BCUT2D eigenvalue weighted by molar-refractivity contribution is -0.126. The van der Waals surface area contributed by atoms with Crippen molar-refractivity contribution in [2.75, 3.05) is 0 Å². The molecule has 3 rings (SSSR count). The maximum absolute atomic E-state index is 13.2. The molecule has 0 saturated heterocycles. The van der Waals surface area contributed by atoms with E-state index in [2.05, 4.69) is 15.6 Å². The number of nitrogens with one attached hydrogen (secondary N) is 2. The Morgan fingerprint density at radius 1 is 1.21 bits per heavy atom. The fourth-order valence-corrected chi connectivity index (χ4v) is 3.19. The Hall–Kier alpha value is -1.69. The second kappa shape index (κ2) is 6.67. The molecule has 24 heavy (non-hydrogen) atoms. The summed E-state index contributed by atoms with van der Waals surface area (Å²) < 4.78 is 13.2. The van der Waals surface area contributed by atoms with Crippen molar-refractivity contribution in [3.8, 4) is 0 Å². The predicted octanol–water partition coefficient (Wildman–Crippen LogP) is 2.83. The van der Waals surface area contributed by atoms with Gasteiger partial charge in [-0.1, -0.05) is 18.5 Å². The summed E-state index contributed by atoms with van der Waals surface area (Å²) in [7, 11) is 0. The van der Waals surface area contributed by atoms with Crippen molar-refractivity contribution in [3.05, 3.63) is 28.8 Å². The Labute approximate surface area is 145 Å². The molecule has 130 valence electrons. The SMILES string of the molecule is CC1(C(=O)NC2CCC(NC(=O)c3cc(F)cnc3Cl)CC2)CC1. The van der Waals surface area contributed by atoms with Crippen molar-refractivity contribution in [2.45, 2.75) is 57.5 Å². The van der Waals surface area contributed by atoms with Gasteiger partial charge in [0.1, 0.15) is 11.0 Å². The number of rotatable bonds is 4. The number of hydrogen-bond acceptors (Lipinski definition) is 3. The minimum Gasteiger partial charge on any atom is -0.353 e. The molecule has 5 nitrogen and oxygen atoms in total. The maximum atomic E-state index is 13.2. The van der Waals surface area contributed by atoms with E-state index >= 15 is 0 Å². The van der Waals surface area contributed by atoms with E-state index in [-0.39, 0.29) is 34.1 Å². The lowest BCUT2D eigenvalue weighted by Crippen LogP contribution is -2.45. The Bertz CT molecular complexity index is 655. The molecule has 0 bridgehead atoms. The second-order valence-corrected chi connectivity index (χ2v) is 7.41. The van der Waals surface area contributed by atoms with Crippen LogP contribution in [0.5, 0.6) is 0 Å². The van der Waals surface area contributed by atoms with Gasteiger partial charge >= 0.3 is 0 Å². The number of nitrogens with zero attached hydrogens (tertiary/aromatic N) is 1. The number of aromatic nitrogens is 1. The zero-order valence-electron chi connectivity index (χ0n) is 13.6. The molecule has 2 fully saturated rings. The summed E-state index contributed by atoms with van der Waals surface area (Å²) in [4.78, 5) is 27.9. The molecule has 2 saturated carbocycles. The van der Waals surface area contributed by atoms with Gasteiger partial charge in [-0.15, -0.1) is 0 Å². The highest BCUT2D eigenvalue weighted by molar-refractivity contribution is 6.32. The molecular formula is C17H21ClFN3O2. The first kappa shape index (κ1) is 17.1. The monoisotopic (exact) mass is 353 g/mol. The third-order valence-corrected chi connectivity index (χ3v) is 5.30. The van der Waals surface area contributed by atoms with Crippen LogP contribution >= 0.6 is 11.6 Å². The van der Waals surface area contributed by atoms with Gasteiger partial charge in [-0.05, 0) is 44.6 Å². The van der Waals surface area contributed by atoms with Gasteiger partial charge < -0.3 is 10.6 Å². The van der Waals surface area contributed by atoms with Crippen LogP contribution in [0.4, 0.5) is 4.39 Å². The smallest absolute Gasteiger partial charge is 0.254 e. The molecule has 7 heteroatoms. The Morgan fingerprint density at radius 3 is 2.38 bits per heavy atom. The molecule has 2 N–H and O–H groups in total. The third-order valence-electron chi connectivity index (χ3n) is 5.00. The summed E-state index contributed by atoms with van der Waals surface area (Å²) in [5.41, 5.74) is -0.111. The first-order valence-electron chi connectivity index (χ1n) is 8.30. The summed E-state index contributed by atoms with van der Waals surface area (Å²) in [6.45, 7) is 1.99. The van der Waals surface area contributed by atoms with Crippen molar-refractivity contribution in [3.63, 3.8) is 0 Å². The molecule has 1 heterocycles. The normalized spacial score (nSPS) is 25.0. The molecule has 1 aromatic heterocycles. The number of carbonyl (C=O) groups is 2. The lowest BCUT2D eigenvalue weighted by Gasteiger charge is -2.30. The first-order valence-corrected chi connectivity index (χ1v) is 8.68. The van der Waals surface area contributed by atoms with E-state index in [1.807, 2.05) is 6.92 Å². The topological polar surface area (TPSA) is 71.1 Å². The number of pyridine rings is 1. The Kier molecular flexibility index (Phi) is 4.76. The van der Waals surface area contributed by atoms with Gasteiger partial charge in [0, 0.05) is 17.5 Å². The Morgan fingerprint density at radius 2 is 1.79 bits per heavy atom. The van der Waals surface area contributed by atoms with Crippen molar-refractivity contribution >= 4 is 23.4 Å². The molecule has 2 aliphatic carbocycles. The van der Waals surface area contributed by atoms with Gasteiger partial charge in [-0.25, -0.2) is 9.37 Å². The highest BCUT2D eigenvalue weighted by Gasteiger charge is 2.45. The largest absolute Gasteiger partial charge is 0.353 e. The molecule has 0 unspecified atom stereocenters. The molecule has 2 aliphatic rings. The van der Waals surface area contributed by atoms with Crippen LogP contribution in [-0.2, 0) is 4.79 Å². The van der Waals surface area contributed by atoms with E-state index in [0.717, 1.165) is 50.8 Å². The standard InChI is InChI=1S/C17H21ClFN3O2/c1-17(6-7-17)16(24)22-12-4-2-11(3-5-12)21-15(23)13-8-10(19)9-20-14(13)18/h8-9,11-12H,2-7H2,1H3,(H,21,23)(H,22,24). The van der Waals surface area contributed by atoms with Gasteiger partial charge in [-0.2, -0.15) is 0 Å². The fourth-order valence-electron chi connectivity index (χ4n) is 3.00. The maximum Gasteiger partial charge on any atom is 0.254 e. The minimum atomic E-state index is -0.593. The van der Waals surface area contributed by atoms with Crippen LogP contribution in [0.2, 0.25) is 5.15 Å². The molecule has 0 aromatic carbocycles. The number of hydrogen-bond donors (Lipinski definition) is 2. The average Bonchev–Trinajstić information content (AvgIpc) is 3.30. The molecule has 0 aliphatic heterocycles. The van der Waals surface area contributed by atoms with Crippen molar-refractivity contribution in [1.29, 1.82) is 0 Å². The quantitative estimate of drug-likeness (QED) is 0.818. The molecule has 0 radical (unpaired) electrons. The van der Waals surface area contributed by atoms with Crippen LogP contribution in [0.15, 0.2) is 12.3 Å². The van der Waals surface area contributed by atoms with Crippen molar-refractivity contribution in [1.82, 2.24) is 15.6 Å². The van der Waals surface area contributed by atoms with Crippen LogP contribution < -0.4 is 10.6 Å². The van der Waals surface area contributed by atoms with Gasteiger partial charge in [0.2, 0.25) is 5.91 Å². The van der Waals surface area contributed by atoms with Gasteiger partial charge in [-0.3, -0.25) is 9.59 Å². The molecule has 1 aromatic rings. The van der Waals surface area contributed by atoms with E-state index in [0.29, 0.717) is 0 Å². The van der Waals surface area contributed by atoms with E-state index in [1.165, 1.54) is 0 Å². The highest BCUT2D eigenvalue weighted by Crippen LogP contribution is 2.45. The molecule has 2 amide bonds. The zero-order chi connectivity index (χ0) is 17.3. The van der Waals surface area contributed by atoms with Crippen LogP contribution in [-0.4, -0.2) is 28.9 Å². The summed E-state index contributed by atoms with van der Waals surface area (Å²) in [6.07, 6.45) is 6.10.